The van der Waals surface area contributed by atoms with Gasteiger partial charge in [0.1, 0.15) is 12.4 Å². The fourth-order valence-electron chi connectivity index (χ4n) is 3.50. The molecular formula is C18H25ClN2O2. The van der Waals surface area contributed by atoms with Crippen molar-refractivity contribution in [1.82, 2.24) is 5.32 Å². The van der Waals surface area contributed by atoms with Crippen LogP contribution < -0.4 is 15.0 Å². The maximum Gasteiger partial charge on any atom is 0.222 e. The van der Waals surface area contributed by atoms with Gasteiger partial charge in [-0.3, -0.25) is 4.79 Å². The molecule has 4 nitrogen and oxygen atoms in total. The highest BCUT2D eigenvalue weighted by atomic mass is 35.5. The number of ether oxygens (including phenoxy) is 1. The average molecular weight is 337 g/mol. The Labute approximate surface area is 143 Å². The zero-order chi connectivity index (χ0) is 16.2. The number of likely N-dealkylation sites (N-methyl/N-ethyl adjacent to an activating group) is 1. The third-order valence-corrected chi connectivity index (χ3v) is 5.16. The predicted molar refractivity (Wildman–Crippen MR) is 93.4 cm³/mol. The molecule has 0 saturated heterocycles. The minimum Gasteiger partial charge on any atom is -0.489 e. The third-order valence-electron chi connectivity index (χ3n) is 4.92. The van der Waals surface area contributed by atoms with Gasteiger partial charge < -0.3 is 15.0 Å². The van der Waals surface area contributed by atoms with Crippen LogP contribution in [-0.2, 0) is 4.79 Å². The number of carbonyl (C=O) groups is 1. The van der Waals surface area contributed by atoms with Crippen LogP contribution in [0.4, 0.5) is 5.69 Å². The summed E-state index contributed by atoms with van der Waals surface area (Å²) in [4.78, 5) is 14.5. The SMILES string of the molecule is CN1c2cc(Cl)ccc2OC[C@H]1CC(=O)NC1CCCCCC1. The summed E-state index contributed by atoms with van der Waals surface area (Å²) in [6.45, 7) is 0.531. The Morgan fingerprint density at radius 3 is 2.78 bits per heavy atom. The molecule has 5 heteroatoms. The van der Waals surface area contributed by atoms with Crippen molar-refractivity contribution in [2.24, 2.45) is 0 Å². The first-order valence-corrected chi connectivity index (χ1v) is 8.96. The molecule has 0 unspecified atom stereocenters. The normalized spacial score (nSPS) is 22.0. The molecule has 126 valence electrons. The second-order valence-corrected chi connectivity index (χ2v) is 7.08. The molecule has 1 saturated carbocycles. The maximum absolute atomic E-state index is 12.4. The van der Waals surface area contributed by atoms with E-state index in [0.717, 1.165) is 24.3 Å². The monoisotopic (exact) mass is 336 g/mol. The lowest BCUT2D eigenvalue weighted by atomic mass is 10.1. The molecule has 0 spiro atoms. The van der Waals surface area contributed by atoms with Crippen LogP contribution >= 0.6 is 11.6 Å². The van der Waals surface area contributed by atoms with Gasteiger partial charge in [-0.25, -0.2) is 0 Å². The summed E-state index contributed by atoms with van der Waals surface area (Å²) in [5, 5.41) is 3.90. The summed E-state index contributed by atoms with van der Waals surface area (Å²) in [5.41, 5.74) is 0.955. The van der Waals surface area contributed by atoms with Crippen molar-refractivity contribution in [3.05, 3.63) is 23.2 Å². The second kappa shape index (κ2) is 7.43. The molecule has 1 aliphatic heterocycles. The van der Waals surface area contributed by atoms with Crippen molar-refractivity contribution in [1.29, 1.82) is 0 Å². The summed E-state index contributed by atoms with van der Waals surface area (Å²) in [6, 6.07) is 6.00. The number of amides is 1. The minimum absolute atomic E-state index is 0.0479. The largest absolute Gasteiger partial charge is 0.489 e. The first-order chi connectivity index (χ1) is 11.1. The van der Waals surface area contributed by atoms with Crippen molar-refractivity contribution in [3.63, 3.8) is 0 Å². The molecule has 1 N–H and O–H groups in total. The van der Waals surface area contributed by atoms with Gasteiger partial charge in [-0.05, 0) is 31.0 Å². The van der Waals surface area contributed by atoms with Crippen molar-refractivity contribution in [2.45, 2.75) is 57.0 Å². The molecule has 1 aliphatic carbocycles. The van der Waals surface area contributed by atoms with Crippen LogP contribution in [0.3, 0.4) is 0 Å². The summed E-state index contributed by atoms with van der Waals surface area (Å²) < 4.78 is 5.79. The van der Waals surface area contributed by atoms with Crippen molar-refractivity contribution in [2.75, 3.05) is 18.6 Å². The molecule has 3 rings (SSSR count). The topological polar surface area (TPSA) is 41.6 Å². The number of benzene rings is 1. The number of halogens is 1. The number of hydrogen-bond donors (Lipinski definition) is 1. The molecule has 1 aromatic carbocycles. The van der Waals surface area contributed by atoms with Crippen LogP contribution in [0.25, 0.3) is 0 Å². The molecule has 0 bridgehead atoms. The smallest absolute Gasteiger partial charge is 0.222 e. The molecule has 1 atom stereocenters. The van der Waals surface area contributed by atoms with Gasteiger partial charge in [0.25, 0.3) is 0 Å². The lowest BCUT2D eigenvalue weighted by Crippen LogP contribution is -2.45. The minimum atomic E-state index is 0.0479. The van der Waals surface area contributed by atoms with E-state index in [0.29, 0.717) is 24.1 Å². The molecule has 0 aromatic heterocycles. The van der Waals surface area contributed by atoms with Gasteiger partial charge in [0.05, 0.1) is 18.2 Å². The fourth-order valence-corrected chi connectivity index (χ4v) is 3.67. The van der Waals surface area contributed by atoms with Crippen LogP contribution in [0.2, 0.25) is 5.02 Å². The number of nitrogens with zero attached hydrogens (tertiary/aromatic N) is 1. The van der Waals surface area contributed by atoms with Crippen LogP contribution in [-0.4, -0.2) is 31.6 Å². The second-order valence-electron chi connectivity index (χ2n) is 6.65. The van der Waals surface area contributed by atoms with E-state index in [4.69, 9.17) is 16.3 Å². The zero-order valence-corrected chi connectivity index (χ0v) is 14.4. The first kappa shape index (κ1) is 16.4. The van der Waals surface area contributed by atoms with Gasteiger partial charge in [-0.15, -0.1) is 0 Å². The quantitative estimate of drug-likeness (QED) is 0.854. The van der Waals surface area contributed by atoms with E-state index in [2.05, 4.69) is 10.2 Å². The van der Waals surface area contributed by atoms with E-state index < -0.39 is 0 Å². The molecule has 1 amide bonds. The van der Waals surface area contributed by atoms with Gasteiger partial charge in [-0.1, -0.05) is 37.3 Å². The lowest BCUT2D eigenvalue weighted by molar-refractivity contribution is -0.122. The number of hydrogen-bond acceptors (Lipinski definition) is 3. The zero-order valence-electron chi connectivity index (χ0n) is 13.7. The number of rotatable bonds is 3. The fraction of sp³-hybridized carbons (Fsp3) is 0.611. The van der Waals surface area contributed by atoms with E-state index in [1.165, 1.54) is 25.7 Å². The standard InChI is InChI=1S/C18H25ClN2O2/c1-21-15(12-23-17-9-8-13(19)10-16(17)21)11-18(22)20-14-6-4-2-3-5-7-14/h8-10,14-15H,2-7,11-12H2,1H3,(H,20,22)/t15-/m1/s1. The van der Waals surface area contributed by atoms with Crippen LogP contribution in [0.15, 0.2) is 18.2 Å². The van der Waals surface area contributed by atoms with Crippen LogP contribution in [0.5, 0.6) is 5.75 Å². The van der Waals surface area contributed by atoms with Crippen LogP contribution in [0.1, 0.15) is 44.9 Å². The van der Waals surface area contributed by atoms with E-state index in [1.807, 2.05) is 25.2 Å². The van der Waals surface area contributed by atoms with E-state index in [9.17, 15) is 4.79 Å². The summed E-state index contributed by atoms with van der Waals surface area (Å²) >= 11 is 6.08. The highest BCUT2D eigenvalue weighted by Crippen LogP contribution is 2.35. The van der Waals surface area contributed by atoms with E-state index in [-0.39, 0.29) is 11.9 Å². The van der Waals surface area contributed by atoms with Crippen LogP contribution in [0, 0.1) is 0 Å². The van der Waals surface area contributed by atoms with Gasteiger partial charge in [0.2, 0.25) is 5.91 Å². The number of carbonyl (C=O) groups excluding carboxylic acids is 1. The summed E-state index contributed by atoms with van der Waals surface area (Å²) in [5.74, 6) is 0.958. The van der Waals surface area contributed by atoms with Gasteiger partial charge in [0, 0.05) is 18.1 Å². The Bertz CT molecular complexity index is 556. The van der Waals surface area contributed by atoms with Crippen molar-refractivity contribution < 1.29 is 9.53 Å². The Morgan fingerprint density at radius 1 is 1.30 bits per heavy atom. The molecular weight excluding hydrogens is 312 g/mol. The summed E-state index contributed by atoms with van der Waals surface area (Å²) in [6.07, 6.45) is 7.72. The van der Waals surface area contributed by atoms with Gasteiger partial charge in [-0.2, -0.15) is 0 Å². The van der Waals surface area contributed by atoms with Crippen molar-refractivity contribution in [3.8, 4) is 5.75 Å². The highest BCUT2D eigenvalue weighted by Gasteiger charge is 2.27. The number of anilines is 1. The molecule has 1 heterocycles. The van der Waals surface area contributed by atoms with Gasteiger partial charge in [0.15, 0.2) is 0 Å². The van der Waals surface area contributed by atoms with E-state index in [1.54, 1.807) is 0 Å². The molecule has 0 radical (unpaired) electrons. The van der Waals surface area contributed by atoms with Crippen molar-refractivity contribution >= 4 is 23.2 Å². The molecule has 23 heavy (non-hydrogen) atoms. The Morgan fingerprint density at radius 2 is 2.04 bits per heavy atom. The average Bonchev–Trinajstić information content (AvgIpc) is 2.79. The predicted octanol–water partition coefficient (Wildman–Crippen LogP) is 3.77. The Balaban J connectivity index is 1.58. The maximum atomic E-state index is 12.4. The Kier molecular flexibility index (Phi) is 5.31. The van der Waals surface area contributed by atoms with E-state index >= 15 is 0 Å². The molecule has 1 fully saturated rings. The highest BCUT2D eigenvalue weighted by molar-refractivity contribution is 6.31. The lowest BCUT2D eigenvalue weighted by Gasteiger charge is -2.35. The Hall–Kier alpha value is -1.42. The third kappa shape index (κ3) is 4.11. The molecule has 2 aliphatic rings. The molecule has 1 aromatic rings. The summed E-state index contributed by atoms with van der Waals surface area (Å²) in [7, 11) is 2.00. The van der Waals surface area contributed by atoms with Gasteiger partial charge >= 0.3 is 0 Å². The number of fused-ring (bicyclic) bond motifs is 1. The number of nitrogens with one attached hydrogen (secondary N) is 1. The first-order valence-electron chi connectivity index (χ1n) is 8.58.